The number of hydrazone groups is 1. The number of fused-ring (bicyclic) bond motifs is 1. The molecule has 10 nitrogen and oxygen atoms in total. The smallest absolute Gasteiger partial charge is 0.345 e. The van der Waals surface area contributed by atoms with E-state index in [0.717, 1.165) is 11.3 Å². The topological polar surface area (TPSA) is 139 Å². The number of hydrogen-bond acceptors (Lipinski definition) is 9. The highest BCUT2D eigenvalue weighted by atomic mass is 35.5. The fourth-order valence-corrected chi connectivity index (χ4v) is 4.83. The maximum absolute atomic E-state index is 12.5. The second-order valence-electron chi connectivity index (χ2n) is 6.94. The van der Waals surface area contributed by atoms with E-state index in [1.54, 1.807) is 24.3 Å². The Morgan fingerprint density at radius 3 is 2.62 bits per heavy atom. The summed E-state index contributed by atoms with van der Waals surface area (Å²) in [4.78, 5) is 28.8. The van der Waals surface area contributed by atoms with Gasteiger partial charge in [-0.3, -0.25) is 10.2 Å². The van der Waals surface area contributed by atoms with Gasteiger partial charge in [0, 0.05) is 6.26 Å². The first-order valence-electron chi connectivity index (χ1n) is 9.43. The van der Waals surface area contributed by atoms with Crippen LogP contribution in [0, 0.1) is 5.41 Å². The van der Waals surface area contributed by atoms with Gasteiger partial charge in [0.2, 0.25) is 19.4 Å². The van der Waals surface area contributed by atoms with Crippen molar-refractivity contribution >= 4 is 66.5 Å². The van der Waals surface area contributed by atoms with E-state index in [2.05, 4.69) is 10.1 Å². The molecule has 0 unspecified atom stereocenters. The number of nitrogens with one attached hydrogen (secondary N) is 1. The lowest BCUT2D eigenvalue weighted by molar-refractivity contribution is -0.114. The Kier molecular flexibility index (Phi) is 6.30. The molecule has 0 bridgehead atoms. The van der Waals surface area contributed by atoms with E-state index >= 15 is 0 Å². The number of ether oxygens (including phenoxy) is 2. The molecule has 0 radical (unpaired) electrons. The Bertz CT molecular complexity index is 1450. The summed E-state index contributed by atoms with van der Waals surface area (Å²) < 4.78 is 34.0. The molecule has 0 aliphatic carbocycles. The lowest BCUT2D eigenvalue weighted by Crippen LogP contribution is -2.35. The number of benzene rings is 2. The number of esters is 1. The summed E-state index contributed by atoms with van der Waals surface area (Å²) in [6, 6.07) is 11.0. The average molecular weight is 519 g/mol. The highest BCUT2D eigenvalue weighted by Gasteiger charge is 2.38. The molecule has 0 spiro atoms. The van der Waals surface area contributed by atoms with Crippen LogP contribution in [0.25, 0.3) is 6.08 Å². The molecule has 1 N–H and O–H groups in total. The van der Waals surface area contributed by atoms with Crippen molar-refractivity contribution in [3.63, 3.8) is 0 Å². The van der Waals surface area contributed by atoms with E-state index < -0.39 is 21.7 Å². The molecule has 2 aromatic carbocycles. The predicted molar refractivity (Wildman–Crippen MR) is 129 cm³/mol. The third-order valence-electron chi connectivity index (χ3n) is 4.55. The Balaban J connectivity index is 1.62. The fourth-order valence-electron chi connectivity index (χ4n) is 2.93. The van der Waals surface area contributed by atoms with E-state index in [1.165, 1.54) is 31.4 Å². The number of methoxy groups -OCH3 is 1. The summed E-state index contributed by atoms with van der Waals surface area (Å²) >= 11 is 6.74. The Labute approximate surface area is 203 Å². The number of sulfone groups is 1. The zero-order chi connectivity index (χ0) is 24.6. The Hall–Kier alpha value is -3.48. The number of amidine groups is 2. The molecule has 13 heteroatoms. The van der Waals surface area contributed by atoms with Crippen LogP contribution in [0.4, 0.5) is 0 Å². The van der Waals surface area contributed by atoms with Gasteiger partial charge in [-0.15, -0.1) is 5.10 Å². The van der Waals surface area contributed by atoms with Crippen LogP contribution in [0.2, 0.25) is 5.02 Å². The Morgan fingerprint density at radius 1 is 1.21 bits per heavy atom. The number of nitrogens with zero attached hydrogens (tertiary/aromatic N) is 3. The number of halogens is 1. The number of carbonyl (C=O) groups is 2. The lowest BCUT2D eigenvalue weighted by atomic mass is 10.1. The predicted octanol–water partition coefficient (Wildman–Crippen LogP) is 3.19. The highest BCUT2D eigenvalue weighted by molar-refractivity contribution is 8.42. The maximum atomic E-state index is 12.5. The monoisotopic (exact) mass is 518 g/mol. The van der Waals surface area contributed by atoms with Gasteiger partial charge in [-0.25, -0.2) is 13.2 Å². The van der Waals surface area contributed by atoms with Gasteiger partial charge < -0.3 is 9.47 Å². The molecule has 2 aliphatic heterocycles. The first-order valence-corrected chi connectivity index (χ1v) is 12.5. The standard InChI is InChI=1S/C21H15ClN4O6S2/c1-31-16-10-11(7-8-15(16)32-19(28)12-5-3-4-6-14(12)22)9-13-17(23)26-20(24-18(13)27)33-21(25-26)34(2,29)30/h3-10,23H,1-2H3/b13-9-,23-17?. The quantitative estimate of drug-likeness (QED) is 0.370. The number of hydrogen-bond donors (Lipinski definition) is 1. The van der Waals surface area contributed by atoms with Crippen molar-refractivity contribution in [2.75, 3.05) is 13.4 Å². The molecule has 0 fully saturated rings. The van der Waals surface area contributed by atoms with Crippen molar-refractivity contribution in [3.8, 4) is 11.5 Å². The molecule has 174 valence electrons. The van der Waals surface area contributed by atoms with Gasteiger partial charge in [0.15, 0.2) is 17.3 Å². The maximum Gasteiger partial charge on any atom is 0.345 e. The minimum absolute atomic E-state index is 0.00742. The molecule has 4 rings (SSSR count). The van der Waals surface area contributed by atoms with Crippen LogP contribution < -0.4 is 9.47 Å². The van der Waals surface area contributed by atoms with Crippen LogP contribution in [0.15, 0.2) is 58.1 Å². The van der Waals surface area contributed by atoms with E-state index in [0.29, 0.717) is 17.3 Å². The van der Waals surface area contributed by atoms with Crippen LogP contribution in [0.5, 0.6) is 11.5 Å². The van der Waals surface area contributed by atoms with Crippen LogP contribution in [-0.4, -0.2) is 54.0 Å². The third-order valence-corrected chi connectivity index (χ3v) is 7.46. The fraction of sp³-hybridized carbons (Fsp3) is 0.0952. The third kappa shape index (κ3) is 4.60. The molecule has 34 heavy (non-hydrogen) atoms. The zero-order valence-corrected chi connectivity index (χ0v) is 20.0. The molecule has 1 amide bonds. The van der Waals surface area contributed by atoms with E-state index in [4.69, 9.17) is 26.5 Å². The summed E-state index contributed by atoms with van der Waals surface area (Å²) in [7, 11) is -2.25. The number of aliphatic imine (C=N–C) groups is 1. The molecule has 2 aliphatic rings. The summed E-state index contributed by atoms with van der Waals surface area (Å²) in [5.41, 5.74) is 0.524. The first kappa shape index (κ1) is 23.7. The van der Waals surface area contributed by atoms with Gasteiger partial charge in [0.1, 0.15) is 0 Å². The molecule has 0 saturated carbocycles. The van der Waals surface area contributed by atoms with Gasteiger partial charge in [0.25, 0.3) is 5.91 Å². The largest absolute Gasteiger partial charge is 0.493 e. The van der Waals surface area contributed by atoms with Gasteiger partial charge >= 0.3 is 5.97 Å². The molecule has 2 heterocycles. The summed E-state index contributed by atoms with van der Waals surface area (Å²) in [6.45, 7) is 0. The van der Waals surface area contributed by atoms with Crippen molar-refractivity contribution in [2.24, 2.45) is 10.1 Å². The molecule has 0 saturated heterocycles. The van der Waals surface area contributed by atoms with Crippen LogP contribution >= 0.6 is 23.4 Å². The minimum Gasteiger partial charge on any atom is -0.493 e. The van der Waals surface area contributed by atoms with E-state index in [9.17, 15) is 18.0 Å². The number of rotatable bonds is 4. The van der Waals surface area contributed by atoms with Crippen molar-refractivity contribution in [3.05, 3.63) is 64.2 Å². The van der Waals surface area contributed by atoms with E-state index in [1.807, 2.05) is 0 Å². The normalized spacial score (nSPS) is 16.8. The number of thioether (sulfide) groups is 1. The van der Waals surface area contributed by atoms with Crippen molar-refractivity contribution in [2.45, 2.75) is 0 Å². The molecule has 0 atom stereocenters. The lowest BCUT2D eigenvalue weighted by Gasteiger charge is -2.20. The number of amides is 1. The zero-order valence-electron chi connectivity index (χ0n) is 17.6. The van der Waals surface area contributed by atoms with Crippen LogP contribution in [0.1, 0.15) is 15.9 Å². The van der Waals surface area contributed by atoms with Gasteiger partial charge in [-0.1, -0.05) is 29.8 Å². The molecule has 2 aromatic rings. The second-order valence-corrected chi connectivity index (χ2v) is 10.5. The van der Waals surface area contributed by atoms with Crippen molar-refractivity contribution in [1.82, 2.24) is 5.01 Å². The molecular formula is C21H15ClN4O6S2. The minimum atomic E-state index is -3.63. The summed E-state index contributed by atoms with van der Waals surface area (Å²) in [6.07, 6.45) is 2.36. The van der Waals surface area contributed by atoms with Crippen molar-refractivity contribution in [1.29, 1.82) is 5.41 Å². The number of carbonyl (C=O) groups excluding carboxylic acids is 2. The Morgan fingerprint density at radius 2 is 1.94 bits per heavy atom. The van der Waals surface area contributed by atoms with Gasteiger partial charge in [0.05, 0.1) is 23.3 Å². The van der Waals surface area contributed by atoms with Crippen LogP contribution in [-0.2, 0) is 14.6 Å². The first-order chi connectivity index (χ1) is 16.1. The average Bonchev–Trinajstić information content (AvgIpc) is 3.22. The SMILES string of the molecule is COc1cc(/C=C2/C(=N)N3N=C(S(C)(=O)=O)SC3=NC2=O)ccc1OC(=O)c1ccccc1Cl. The van der Waals surface area contributed by atoms with Gasteiger partial charge in [-0.2, -0.15) is 10.0 Å². The van der Waals surface area contributed by atoms with Gasteiger partial charge in [-0.05, 0) is 47.7 Å². The van der Waals surface area contributed by atoms with Crippen molar-refractivity contribution < 1.29 is 27.5 Å². The van der Waals surface area contributed by atoms with Crippen LogP contribution in [0.3, 0.4) is 0 Å². The summed E-state index contributed by atoms with van der Waals surface area (Å²) in [5.74, 6) is -1.40. The highest BCUT2D eigenvalue weighted by Crippen LogP contribution is 2.33. The molecule has 0 aromatic heterocycles. The van der Waals surface area contributed by atoms with E-state index in [-0.39, 0.29) is 43.0 Å². The second kappa shape index (κ2) is 9.05. The molecular weight excluding hydrogens is 504 g/mol. The summed E-state index contributed by atoms with van der Waals surface area (Å²) in [5, 5.41) is 13.4.